The van der Waals surface area contributed by atoms with E-state index in [1.807, 2.05) is 0 Å². The molecule has 0 unspecified atom stereocenters. The lowest BCUT2D eigenvalue weighted by Crippen LogP contribution is -2.18. The minimum absolute atomic E-state index is 0.120. The quantitative estimate of drug-likeness (QED) is 0.674. The molecule has 0 radical (unpaired) electrons. The molecule has 6 nitrogen and oxygen atoms in total. The third kappa shape index (κ3) is 2.34. The summed E-state index contributed by atoms with van der Waals surface area (Å²) in [5.41, 5.74) is -0.411. The van der Waals surface area contributed by atoms with Crippen LogP contribution in [0.15, 0.2) is 37.3 Å². The van der Waals surface area contributed by atoms with Gasteiger partial charge in [-0.3, -0.25) is 9.89 Å². The molecule has 2 heterocycles. The number of hydrogen-bond acceptors (Lipinski definition) is 5. The Balaban J connectivity index is 2.38. The van der Waals surface area contributed by atoms with Gasteiger partial charge in [0.25, 0.3) is 5.56 Å². The van der Waals surface area contributed by atoms with E-state index in [9.17, 15) is 4.79 Å². The second-order valence-corrected chi connectivity index (χ2v) is 3.88. The molecule has 1 N–H and O–H groups in total. The molecule has 0 aromatic carbocycles. The van der Waals surface area contributed by atoms with Gasteiger partial charge in [-0.15, -0.1) is 0 Å². The molecule has 16 heavy (non-hydrogen) atoms. The van der Waals surface area contributed by atoms with Gasteiger partial charge in [-0.1, -0.05) is 0 Å². The van der Waals surface area contributed by atoms with Crippen LogP contribution in [0.2, 0.25) is 0 Å². The Labute approximate surface area is 103 Å². The highest BCUT2D eigenvalue weighted by atomic mass is 79.9. The average Bonchev–Trinajstić information content (AvgIpc) is 2.63. The van der Waals surface area contributed by atoms with E-state index in [2.05, 4.69) is 31.2 Å². The maximum absolute atomic E-state index is 11.3. The van der Waals surface area contributed by atoms with Crippen molar-refractivity contribution >= 4 is 34.4 Å². The van der Waals surface area contributed by atoms with E-state index in [1.54, 1.807) is 12.1 Å². The van der Waals surface area contributed by atoms with Crippen molar-refractivity contribution in [2.45, 2.75) is 0 Å². The van der Waals surface area contributed by atoms with Crippen LogP contribution in [-0.2, 0) is 0 Å². The number of aromatic amines is 1. The highest BCUT2D eigenvalue weighted by Crippen LogP contribution is 2.12. The van der Waals surface area contributed by atoms with E-state index in [1.165, 1.54) is 6.21 Å². The van der Waals surface area contributed by atoms with Gasteiger partial charge in [-0.05, 0) is 40.3 Å². The van der Waals surface area contributed by atoms with Gasteiger partial charge in [-0.2, -0.15) is 14.9 Å². The molecule has 0 aliphatic rings. The Hall–Kier alpha value is -1.54. The molecule has 0 aliphatic heterocycles. The largest absolute Gasteiger partial charge is 0.448 e. The molecule has 2 aromatic rings. The molecular formula is C8H5BrN4O2S. The average molecular weight is 301 g/mol. The summed E-state index contributed by atoms with van der Waals surface area (Å²) in [5.74, 6) is 0.505. The Bertz CT molecular complexity index is 613. The maximum Gasteiger partial charge on any atom is 0.293 e. The summed E-state index contributed by atoms with van der Waals surface area (Å²) in [6, 6.07) is 3.42. The van der Waals surface area contributed by atoms with Gasteiger partial charge >= 0.3 is 0 Å². The third-order valence-corrected chi connectivity index (χ3v) is 2.32. The summed E-state index contributed by atoms with van der Waals surface area (Å²) < 4.78 is 6.89. The summed E-state index contributed by atoms with van der Waals surface area (Å²) in [6.45, 7) is 0. The highest BCUT2D eigenvalue weighted by Gasteiger charge is 1.97. The predicted molar refractivity (Wildman–Crippen MR) is 63.1 cm³/mol. The van der Waals surface area contributed by atoms with Crippen molar-refractivity contribution in [3.8, 4) is 0 Å². The topological polar surface area (TPSA) is 76.2 Å². The van der Waals surface area contributed by atoms with E-state index < -0.39 is 5.56 Å². The van der Waals surface area contributed by atoms with Crippen LogP contribution in [0.25, 0.3) is 0 Å². The Morgan fingerprint density at radius 2 is 2.44 bits per heavy atom. The molecule has 0 saturated carbocycles. The number of furan rings is 1. The molecule has 8 heteroatoms. The van der Waals surface area contributed by atoms with Gasteiger partial charge in [0.1, 0.15) is 12.0 Å². The van der Waals surface area contributed by atoms with Gasteiger partial charge in [0.05, 0.1) is 6.21 Å². The molecule has 0 aliphatic carbocycles. The molecule has 0 fully saturated rings. The molecule has 2 aromatic heterocycles. The molecule has 0 bridgehead atoms. The van der Waals surface area contributed by atoms with Crippen molar-refractivity contribution in [3.05, 3.63) is 43.9 Å². The van der Waals surface area contributed by atoms with Crippen LogP contribution in [0.5, 0.6) is 0 Å². The number of H-pyrrole nitrogens is 1. The minimum atomic E-state index is -0.411. The smallest absolute Gasteiger partial charge is 0.293 e. The molecule has 2 rings (SSSR count). The first-order chi connectivity index (χ1) is 7.66. The van der Waals surface area contributed by atoms with Gasteiger partial charge in [0, 0.05) is 0 Å². The van der Waals surface area contributed by atoms with E-state index in [-0.39, 0.29) is 4.77 Å². The Morgan fingerprint density at radius 1 is 1.62 bits per heavy atom. The van der Waals surface area contributed by atoms with Crippen LogP contribution in [0.3, 0.4) is 0 Å². The molecular weight excluding hydrogens is 296 g/mol. The number of rotatable bonds is 2. The van der Waals surface area contributed by atoms with Gasteiger partial charge in [0.2, 0.25) is 4.77 Å². The van der Waals surface area contributed by atoms with Crippen LogP contribution >= 0.6 is 28.1 Å². The van der Waals surface area contributed by atoms with Gasteiger partial charge in [-0.25, -0.2) is 0 Å². The van der Waals surface area contributed by atoms with Crippen molar-refractivity contribution in [2.75, 3.05) is 0 Å². The van der Waals surface area contributed by atoms with E-state index in [0.29, 0.717) is 10.4 Å². The minimum Gasteiger partial charge on any atom is -0.448 e. The number of aromatic nitrogens is 3. The van der Waals surface area contributed by atoms with Crippen molar-refractivity contribution in [2.24, 2.45) is 5.10 Å². The predicted octanol–water partition coefficient (Wildman–Crippen LogP) is 1.54. The fourth-order valence-corrected chi connectivity index (χ4v) is 1.48. The Morgan fingerprint density at radius 3 is 3.06 bits per heavy atom. The van der Waals surface area contributed by atoms with E-state index >= 15 is 0 Å². The van der Waals surface area contributed by atoms with Crippen molar-refractivity contribution in [1.29, 1.82) is 0 Å². The lowest BCUT2D eigenvalue weighted by Gasteiger charge is -1.94. The molecule has 0 atom stereocenters. The van der Waals surface area contributed by atoms with Crippen molar-refractivity contribution in [1.82, 2.24) is 14.9 Å². The van der Waals surface area contributed by atoms with E-state index in [4.69, 9.17) is 16.6 Å². The zero-order chi connectivity index (χ0) is 11.5. The molecule has 0 spiro atoms. The van der Waals surface area contributed by atoms with Crippen LogP contribution in [0, 0.1) is 4.77 Å². The summed E-state index contributed by atoms with van der Waals surface area (Å²) in [6.07, 6.45) is 2.47. The third-order valence-electron chi connectivity index (χ3n) is 1.63. The van der Waals surface area contributed by atoms with Gasteiger partial charge in [0.15, 0.2) is 4.67 Å². The second-order valence-electron chi connectivity index (χ2n) is 2.71. The molecule has 0 saturated heterocycles. The Kier molecular flexibility index (Phi) is 3.11. The first-order valence-electron chi connectivity index (χ1n) is 4.13. The number of nitrogens with one attached hydrogen (secondary N) is 1. The normalized spacial score (nSPS) is 11.1. The summed E-state index contributed by atoms with van der Waals surface area (Å²) >= 11 is 8.01. The number of nitrogens with zero attached hydrogens (tertiary/aromatic N) is 3. The van der Waals surface area contributed by atoms with Crippen LogP contribution in [-0.4, -0.2) is 21.1 Å². The molecule has 0 amide bonds. The SMILES string of the molecule is O=c1cn[nH]c(=S)n1/N=C/c1ccc(Br)o1. The second kappa shape index (κ2) is 4.54. The van der Waals surface area contributed by atoms with E-state index in [0.717, 1.165) is 10.9 Å². The van der Waals surface area contributed by atoms with Crippen LogP contribution < -0.4 is 5.56 Å². The maximum atomic E-state index is 11.3. The summed E-state index contributed by atoms with van der Waals surface area (Å²) in [4.78, 5) is 11.3. The zero-order valence-electron chi connectivity index (χ0n) is 7.75. The van der Waals surface area contributed by atoms with Crippen molar-refractivity contribution < 1.29 is 4.42 Å². The first-order valence-corrected chi connectivity index (χ1v) is 5.33. The first kappa shape index (κ1) is 11.0. The number of hydrogen-bond donors (Lipinski definition) is 1. The molecule has 82 valence electrons. The fourth-order valence-electron chi connectivity index (χ4n) is 0.966. The number of halogens is 1. The standard InChI is InChI=1S/C8H5BrN4O2S/c9-6-2-1-5(15-6)3-11-13-7(14)4-10-12-8(13)16/h1-4H,(H,12,16)/b11-3+. The highest BCUT2D eigenvalue weighted by molar-refractivity contribution is 9.10. The lowest BCUT2D eigenvalue weighted by atomic mass is 10.5. The lowest BCUT2D eigenvalue weighted by molar-refractivity contribution is 0.533. The van der Waals surface area contributed by atoms with Crippen LogP contribution in [0.1, 0.15) is 5.76 Å². The zero-order valence-corrected chi connectivity index (χ0v) is 10.2. The monoisotopic (exact) mass is 300 g/mol. The summed E-state index contributed by atoms with van der Waals surface area (Å²) in [7, 11) is 0. The van der Waals surface area contributed by atoms with Crippen LogP contribution in [0.4, 0.5) is 0 Å². The fraction of sp³-hybridized carbons (Fsp3) is 0. The summed E-state index contributed by atoms with van der Waals surface area (Å²) in [5, 5.41) is 9.87. The van der Waals surface area contributed by atoms with Gasteiger partial charge < -0.3 is 4.42 Å². The van der Waals surface area contributed by atoms with Crippen molar-refractivity contribution in [3.63, 3.8) is 0 Å².